The summed E-state index contributed by atoms with van der Waals surface area (Å²) >= 11 is 3.37. The molecule has 0 N–H and O–H groups in total. The minimum absolute atomic E-state index is 0.164. The van der Waals surface area contributed by atoms with E-state index < -0.39 is 12.8 Å². The van der Waals surface area contributed by atoms with Gasteiger partial charge in [-0.15, -0.1) is 0 Å². The topological polar surface area (TPSA) is 12.5 Å². The zero-order valence-corrected chi connectivity index (χ0v) is 12.0. The maximum absolute atomic E-state index is 11.8. The van der Waals surface area contributed by atoms with E-state index in [-0.39, 0.29) is 6.61 Å². The molecule has 0 saturated carbocycles. The Balaban J connectivity index is 3.61. The Bertz CT molecular complexity index is 188. The van der Waals surface area contributed by atoms with Crippen LogP contribution in [0.2, 0.25) is 0 Å². The van der Waals surface area contributed by atoms with E-state index in [1.54, 1.807) is 0 Å². The van der Waals surface area contributed by atoms with Crippen molar-refractivity contribution < 1.29 is 17.9 Å². The molecule has 0 rings (SSSR count). The zero-order valence-electron chi connectivity index (χ0n) is 10.4. The third kappa shape index (κ3) is 11.0. The number of halogens is 4. The van der Waals surface area contributed by atoms with E-state index in [1.807, 2.05) is 0 Å². The molecule has 0 saturated heterocycles. The van der Waals surface area contributed by atoms with Crippen LogP contribution in [0.25, 0.3) is 0 Å². The number of rotatable bonds is 9. The van der Waals surface area contributed by atoms with Crippen LogP contribution in [0.15, 0.2) is 0 Å². The highest BCUT2D eigenvalue weighted by atomic mass is 79.9. The maximum atomic E-state index is 11.8. The summed E-state index contributed by atoms with van der Waals surface area (Å²) in [4.78, 5) is 2.25. The van der Waals surface area contributed by atoms with E-state index in [0.29, 0.717) is 12.5 Å². The molecule has 17 heavy (non-hydrogen) atoms. The molecular formula is C11H21BrF3NO. The van der Waals surface area contributed by atoms with E-state index in [2.05, 4.69) is 39.4 Å². The van der Waals surface area contributed by atoms with Gasteiger partial charge in [0.2, 0.25) is 0 Å². The first-order valence-corrected chi connectivity index (χ1v) is 6.93. The summed E-state index contributed by atoms with van der Waals surface area (Å²) in [6.07, 6.45) is -2.54. The van der Waals surface area contributed by atoms with E-state index in [0.717, 1.165) is 24.8 Å². The van der Waals surface area contributed by atoms with E-state index in [1.165, 1.54) is 0 Å². The van der Waals surface area contributed by atoms with Crippen LogP contribution in [0, 0.1) is 0 Å². The summed E-state index contributed by atoms with van der Waals surface area (Å²) in [6.45, 7) is 4.94. The molecule has 0 aliphatic rings. The van der Waals surface area contributed by atoms with Crippen LogP contribution < -0.4 is 0 Å². The molecule has 0 aliphatic heterocycles. The highest BCUT2D eigenvalue weighted by Gasteiger charge is 2.27. The minimum Gasteiger partial charge on any atom is -0.372 e. The lowest BCUT2D eigenvalue weighted by molar-refractivity contribution is -0.174. The van der Waals surface area contributed by atoms with Gasteiger partial charge in [-0.25, -0.2) is 0 Å². The van der Waals surface area contributed by atoms with Gasteiger partial charge in [-0.3, -0.25) is 0 Å². The molecule has 0 aromatic rings. The molecule has 0 unspecified atom stereocenters. The quantitative estimate of drug-likeness (QED) is 0.477. The molecule has 0 spiro atoms. The number of nitrogens with zero attached hydrogens (tertiary/aromatic N) is 1. The summed E-state index contributed by atoms with van der Waals surface area (Å²) < 4.78 is 40.0. The molecule has 0 aliphatic carbocycles. The first kappa shape index (κ1) is 17.2. The maximum Gasteiger partial charge on any atom is 0.411 e. The van der Waals surface area contributed by atoms with Gasteiger partial charge in [0.15, 0.2) is 0 Å². The summed E-state index contributed by atoms with van der Waals surface area (Å²) in [7, 11) is 0. The second-order valence-electron chi connectivity index (χ2n) is 4.19. The molecule has 0 bridgehead atoms. The molecule has 0 aromatic heterocycles. The predicted octanol–water partition coefficient (Wildman–Crippen LogP) is 3.45. The molecular weight excluding hydrogens is 299 g/mol. The summed E-state index contributed by atoms with van der Waals surface area (Å²) in [5.74, 6) is 0. The van der Waals surface area contributed by atoms with Crippen molar-refractivity contribution in [2.75, 3.05) is 31.6 Å². The molecule has 0 radical (unpaired) electrons. The molecule has 2 nitrogen and oxygen atoms in total. The van der Waals surface area contributed by atoms with Crippen molar-refractivity contribution in [3.8, 4) is 0 Å². The second-order valence-corrected chi connectivity index (χ2v) is 4.99. The first-order valence-electron chi connectivity index (χ1n) is 5.81. The van der Waals surface area contributed by atoms with E-state index >= 15 is 0 Å². The largest absolute Gasteiger partial charge is 0.411 e. The molecule has 6 heteroatoms. The van der Waals surface area contributed by atoms with Gasteiger partial charge in [-0.05, 0) is 33.2 Å². The third-order valence-corrected chi connectivity index (χ3v) is 2.87. The fourth-order valence-corrected chi connectivity index (χ4v) is 1.70. The van der Waals surface area contributed by atoms with Crippen molar-refractivity contribution >= 4 is 15.9 Å². The lowest BCUT2D eigenvalue weighted by Crippen LogP contribution is -2.33. The van der Waals surface area contributed by atoms with Gasteiger partial charge in [0, 0.05) is 24.5 Å². The van der Waals surface area contributed by atoms with Crippen LogP contribution in [-0.2, 0) is 4.74 Å². The van der Waals surface area contributed by atoms with Gasteiger partial charge >= 0.3 is 6.18 Å². The van der Waals surface area contributed by atoms with Gasteiger partial charge in [0.1, 0.15) is 6.61 Å². The normalized spacial score (nSPS) is 12.7. The van der Waals surface area contributed by atoms with Gasteiger partial charge in [-0.1, -0.05) is 15.9 Å². The van der Waals surface area contributed by atoms with Crippen molar-refractivity contribution in [1.82, 2.24) is 4.90 Å². The highest BCUT2D eigenvalue weighted by molar-refractivity contribution is 9.09. The lowest BCUT2D eigenvalue weighted by atomic mass is 10.2. The number of hydrogen-bond donors (Lipinski definition) is 0. The standard InChI is InChI=1S/C11H21BrF3NO/c1-10(2)16(6-3-5-12)7-4-8-17-9-11(13,14)15/h10H,3-9H2,1-2H3. The molecule has 104 valence electrons. The highest BCUT2D eigenvalue weighted by Crippen LogP contribution is 2.14. The zero-order chi connectivity index (χ0) is 13.3. The fraction of sp³-hybridized carbons (Fsp3) is 1.00. The van der Waals surface area contributed by atoms with Crippen LogP contribution >= 0.6 is 15.9 Å². The van der Waals surface area contributed by atoms with Crippen LogP contribution in [0.4, 0.5) is 13.2 Å². The molecule has 0 aromatic carbocycles. The third-order valence-electron chi connectivity index (χ3n) is 2.31. The molecule has 0 atom stereocenters. The average molecular weight is 320 g/mol. The lowest BCUT2D eigenvalue weighted by Gasteiger charge is -2.26. The Morgan fingerprint density at radius 3 is 2.24 bits per heavy atom. The molecule has 0 fully saturated rings. The Morgan fingerprint density at radius 2 is 1.76 bits per heavy atom. The van der Waals surface area contributed by atoms with Crippen LogP contribution in [0.5, 0.6) is 0 Å². The summed E-state index contributed by atoms with van der Waals surface area (Å²) in [5, 5.41) is 0.945. The minimum atomic E-state index is -4.21. The van der Waals surface area contributed by atoms with E-state index in [9.17, 15) is 13.2 Å². The van der Waals surface area contributed by atoms with Crippen molar-refractivity contribution in [3.05, 3.63) is 0 Å². The van der Waals surface area contributed by atoms with Crippen LogP contribution in [0.3, 0.4) is 0 Å². The number of alkyl halides is 4. The second kappa shape index (κ2) is 9.16. The summed E-state index contributed by atoms with van der Waals surface area (Å²) in [6, 6.07) is 0.414. The Hall–Kier alpha value is 0.190. The molecule has 0 heterocycles. The number of hydrogen-bond acceptors (Lipinski definition) is 2. The van der Waals surface area contributed by atoms with Crippen LogP contribution in [0.1, 0.15) is 26.7 Å². The van der Waals surface area contributed by atoms with Gasteiger partial charge in [0.25, 0.3) is 0 Å². The smallest absolute Gasteiger partial charge is 0.372 e. The van der Waals surface area contributed by atoms with Crippen molar-refractivity contribution in [2.45, 2.75) is 38.9 Å². The van der Waals surface area contributed by atoms with Crippen molar-refractivity contribution in [3.63, 3.8) is 0 Å². The Labute approximate surface area is 110 Å². The fourth-order valence-electron chi connectivity index (χ4n) is 1.45. The van der Waals surface area contributed by atoms with Crippen molar-refractivity contribution in [2.24, 2.45) is 0 Å². The van der Waals surface area contributed by atoms with E-state index in [4.69, 9.17) is 0 Å². The predicted molar refractivity (Wildman–Crippen MR) is 66.6 cm³/mol. The van der Waals surface area contributed by atoms with Gasteiger partial charge in [-0.2, -0.15) is 13.2 Å². The number of ether oxygens (including phenoxy) is 1. The Morgan fingerprint density at radius 1 is 1.18 bits per heavy atom. The summed E-state index contributed by atoms with van der Waals surface area (Å²) in [5.41, 5.74) is 0. The van der Waals surface area contributed by atoms with Crippen molar-refractivity contribution in [1.29, 1.82) is 0 Å². The van der Waals surface area contributed by atoms with Gasteiger partial charge < -0.3 is 9.64 Å². The average Bonchev–Trinajstić information content (AvgIpc) is 2.20. The Kier molecular flexibility index (Phi) is 9.27. The van der Waals surface area contributed by atoms with Gasteiger partial charge in [0.05, 0.1) is 0 Å². The molecule has 0 amide bonds. The first-order chi connectivity index (χ1) is 7.87. The monoisotopic (exact) mass is 319 g/mol. The SMILES string of the molecule is CC(C)N(CCCBr)CCCOCC(F)(F)F. The van der Waals surface area contributed by atoms with Crippen LogP contribution in [-0.4, -0.2) is 48.8 Å².